The van der Waals surface area contributed by atoms with Crippen LogP contribution in [0.15, 0.2) is 60.7 Å². The molecule has 0 spiro atoms. The molecule has 0 saturated carbocycles. The number of carbonyl (C=O) groups is 1. The van der Waals surface area contributed by atoms with Gasteiger partial charge in [0.15, 0.2) is 12.4 Å². The smallest absolute Gasteiger partial charge is 0.331 e. The Bertz CT molecular complexity index is 940. The molecule has 0 radical (unpaired) electrons. The zero-order valence-corrected chi connectivity index (χ0v) is 14.8. The van der Waals surface area contributed by atoms with Gasteiger partial charge in [0.1, 0.15) is 0 Å². The molecule has 3 aromatic rings. The predicted molar refractivity (Wildman–Crippen MR) is 104 cm³/mol. The normalized spacial score (nSPS) is 10.7. The molecule has 0 fully saturated rings. The van der Waals surface area contributed by atoms with Crippen LogP contribution in [0.4, 0.5) is 17.6 Å². The van der Waals surface area contributed by atoms with Gasteiger partial charge >= 0.3 is 5.97 Å². The standard InChI is InChI=1S/C20H19N5O2/c1-14-7-9-15(10-8-14)11-12-18(26)27-13-17-23-19(21)25-20(24-17)22-16-5-3-2-4-6-16/h2-12H,13H2,1H3,(H3,21,22,23,24,25)/b12-11+. The third-order valence-corrected chi connectivity index (χ3v) is 3.56. The van der Waals surface area contributed by atoms with E-state index in [0.29, 0.717) is 0 Å². The number of ether oxygens (including phenoxy) is 1. The number of nitrogens with zero attached hydrogens (tertiary/aromatic N) is 3. The number of anilines is 3. The molecule has 0 unspecified atom stereocenters. The van der Waals surface area contributed by atoms with Crippen LogP contribution in [0.5, 0.6) is 0 Å². The van der Waals surface area contributed by atoms with Crippen molar-refractivity contribution in [2.24, 2.45) is 0 Å². The number of carbonyl (C=O) groups excluding carboxylic acids is 1. The fourth-order valence-corrected chi connectivity index (χ4v) is 2.23. The van der Waals surface area contributed by atoms with Gasteiger partial charge in [-0.1, -0.05) is 48.0 Å². The molecule has 0 bridgehead atoms. The summed E-state index contributed by atoms with van der Waals surface area (Å²) >= 11 is 0. The van der Waals surface area contributed by atoms with Crippen LogP contribution in [0.3, 0.4) is 0 Å². The Balaban J connectivity index is 1.60. The summed E-state index contributed by atoms with van der Waals surface area (Å²) in [6.45, 7) is 1.90. The molecule has 27 heavy (non-hydrogen) atoms. The fourth-order valence-electron chi connectivity index (χ4n) is 2.23. The van der Waals surface area contributed by atoms with Crippen molar-refractivity contribution in [1.29, 1.82) is 0 Å². The Morgan fingerprint density at radius 2 is 1.81 bits per heavy atom. The number of hydrogen-bond donors (Lipinski definition) is 2. The van der Waals surface area contributed by atoms with E-state index in [9.17, 15) is 4.79 Å². The largest absolute Gasteiger partial charge is 0.454 e. The van der Waals surface area contributed by atoms with E-state index in [-0.39, 0.29) is 24.3 Å². The Hall–Kier alpha value is -3.74. The van der Waals surface area contributed by atoms with E-state index in [2.05, 4.69) is 20.3 Å². The van der Waals surface area contributed by atoms with Crippen LogP contribution in [0.1, 0.15) is 17.0 Å². The Kier molecular flexibility index (Phi) is 5.73. The molecule has 0 aliphatic carbocycles. The summed E-state index contributed by atoms with van der Waals surface area (Å²) in [4.78, 5) is 24.1. The SMILES string of the molecule is Cc1ccc(/C=C/C(=O)OCc2nc(N)nc(Nc3ccccc3)n2)cc1. The summed E-state index contributed by atoms with van der Waals surface area (Å²) in [5.74, 6) is 0.102. The van der Waals surface area contributed by atoms with Crippen molar-refractivity contribution in [3.05, 3.63) is 77.6 Å². The quantitative estimate of drug-likeness (QED) is 0.513. The molecule has 136 valence electrons. The summed E-state index contributed by atoms with van der Waals surface area (Å²) < 4.78 is 5.17. The monoisotopic (exact) mass is 361 g/mol. The van der Waals surface area contributed by atoms with Crippen molar-refractivity contribution in [2.45, 2.75) is 13.5 Å². The van der Waals surface area contributed by atoms with Crippen LogP contribution >= 0.6 is 0 Å². The third kappa shape index (κ3) is 5.64. The number of aromatic nitrogens is 3. The van der Waals surface area contributed by atoms with Crippen molar-refractivity contribution in [1.82, 2.24) is 15.0 Å². The second-order valence-corrected chi connectivity index (χ2v) is 5.78. The molecular formula is C20H19N5O2. The first-order chi connectivity index (χ1) is 13.1. The molecule has 3 rings (SSSR count). The van der Waals surface area contributed by atoms with Crippen LogP contribution in [-0.4, -0.2) is 20.9 Å². The third-order valence-electron chi connectivity index (χ3n) is 3.56. The Morgan fingerprint density at radius 3 is 2.56 bits per heavy atom. The summed E-state index contributed by atoms with van der Waals surface area (Å²) in [5.41, 5.74) is 8.59. The average Bonchev–Trinajstić information content (AvgIpc) is 2.66. The van der Waals surface area contributed by atoms with Crippen LogP contribution < -0.4 is 11.1 Å². The van der Waals surface area contributed by atoms with E-state index < -0.39 is 5.97 Å². The minimum absolute atomic E-state index is 0.0460. The number of benzene rings is 2. The lowest BCUT2D eigenvalue weighted by atomic mass is 10.1. The minimum atomic E-state index is -0.493. The second-order valence-electron chi connectivity index (χ2n) is 5.78. The van der Waals surface area contributed by atoms with Crippen molar-refractivity contribution >= 4 is 29.6 Å². The number of nitrogens with one attached hydrogen (secondary N) is 1. The van der Waals surface area contributed by atoms with Gasteiger partial charge < -0.3 is 15.8 Å². The predicted octanol–water partition coefficient (Wildman–Crippen LogP) is 3.26. The Labute approximate surface area is 157 Å². The van der Waals surface area contributed by atoms with Gasteiger partial charge in [0.05, 0.1) is 0 Å². The van der Waals surface area contributed by atoms with Crippen molar-refractivity contribution < 1.29 is 9.53 Å². The highest BCUT2D eigenvalue weighted by atomic mass is 16.5. The molecule has 3 N–H and O–H groups in total. The van der Waals surface area contributed by atoms with Crippen LogP contribution in [0.2, 0.25) is 0 Å². The summed E-state index contributed by atoms with van der Waals surface area (Å²) in [5, 5.41) is 3.03. The molecule has 0 atom stereocenters. The van der Waals surface area contributed by atoms with E-state index in [4.69, 9.17) is 10.5 Å². The molecule has 1 heterocycles. The highest BCUT2D eigenvalue weighted by molar-refractivity contribution is 5.87. The highest BCUT2D eigenvalue weighted by Crippen LogP contribution is 2.13. The Morgan fingerprint density at radius 1 is 1.07 bits per heavy atom. The lowest BCUT2D eigenvalue weighted by molar-refractivity contribution is -0.139. The molecule has 0 amide bonds. The van der Waals surface area contributed by atoms with Crippen LogP contribution in [-0.2, 0) is 16.1 Å². The first-order valence-corrected chi connectivity index (χ1v) is 8.32. The maximum atomic E-state index is 11.9. The number of nitrogens with two attached hydrogens (primary N) is 1. The zero-order chi connectivity index (χ0) is 19.1. The van der Waals surface area contributed by atoms with Gasteiger partial charge in [-0.2, -0.15) is 15.0 Å². The molecule has 2 aromatic carbocycles. The number of para-hydroxylation sites is 1. The molecule has 0 saturated heterocycles. The van der Waals surface area contributed by atoms with Crippen molar-refractivity contribution in [3.8, 4) is 0 Å². The molecule has 7 nitrogen and oxygen atoms in total. The summed E-state index contributed by atoms with van der Waals surface area (Å²) in [7, 11) is 0. The zero-order valence-electron chi connectivity index (χ0n) is 14.8. The van der Waals surface area contributed by atoms with Crippen molar-refractivity contribution in [2.75, 3.05) is 11.1 Å². The van der Waals surface area contributed by atoms with E-state index in [1.807, 2.05) is 61.5 Å². The number of rotatable bonds is 6. The number of hydrogen-bond acceptors (Lipinski definition) is 7. The molecule has 0 aliphatic rings. The highest BCUT2D eigenvalue weighted by Gasteiger charge is 2.07. The van der Waals surface area contributed by atoms with Gasteiger partial charge in [-0.05, 0) is 30.7 Å². The summed E-state index contributed by atoms with van der Waals surface area (Å²) in [6, 6.07) is 17.2. The number of esters is 1. The summed E-state index contributed by atoms with van der Waals surface area (Å²) in [6.07, 6.45) is 3.05. The minimum Gasteiger partial charge on any atom is -0.454 e. The lowest BCUT2D eigenvalue weighted by Gasteiger charge is -2.07. The molecule has 7 heteroatoms. The number of nitrogen functional groups attached to an aromatic ring is 1. The molecule has 1 aromatic heterocycles. The average molecular weight is 361 g/mol. The van der Waals surface area contributed by atoms with E-state index >= 15 is 0 Å². The topological polar surface area (TPSA) is 103 Å². The van der Waals surface area contributed by atoms with Crippen LogP contribution in [0, 0.1) is 6.92 Å². The first kappa shape index (κ1) is 18.1. The lowest BCUT2D eigenvalue weighted by Crippen LogP contribution is -2.10. The van der Waals surface area contributed by atoms with Gasteiger partial charge in [0, 0.05) is 11.8 Å². The van der Waals surface area contributed by atoms with Gasteiger partial charge in [-0.3, -0.25) is 0 Å². The molecule has 0 aliphatic heterocycles. The van der Waals surface area contributed by atoms with Gasteiger partial charge in [0.25, 0.3) is 0 Å². The number of aryl methyl sites for hydroxylation is 1. The van der Waals surface area contributed by atoms with E-state index in [0.717, 1.165) is 16.8 Å². The van der Waals surface area contributed by atoms with Crippen LogP contribution in [0.25, 0.3) is 6.08 Å². The van der Waals surface area contributed by atoms with E-state index in [1.54, 1.807) is 6.08 Å². The van der Waals surface area contributed by atoms with E-state index in [1.165, 1.54) is 6.08 Å². The first-order valence-electron chi connectivity index (χ1n) is 8.32. The van der Waals surface area contributed by atoms with Gasteiger partial charge in [-0.25, -0.2) is 4.79 Å². The maximum absolute atomic E-state index is 11.9. The van der Waals surface area contributed by atoms with Gasteiger partial charge in [-0.15, -0.1) is 0 Å². The second kappa shape index (κ2) is 8.57. The fraction of sp³-hybridized carbons (Fsp3) is 0.100. The van der Waals surface area contributed by atoms with Crippen molar-refractivity contribution in [3.63, 3.8) is 0 Å². The molecular weight excluding hydrogens is 342 g/mol. The maximum Gasteiger partial charge on any atom is 0.331 e. The van der Waals surface area contributed by atoms with Gasteiger partial charge in [0.2, 0.25) is 11.9 Å².